The molecule has 0 spiro atoms. The predicted octanol–water partition coefficient (Wildman–Crippen LogP) is 20.5. The molecule has 350 valence electrons. The Bertz CT molecular complexity index is 4090. The maximum atomic E-state index is 13.9. The number of hydrogen-bond acceptors (Lipinski definition) is 1. The molecule has 11 aromatic carbocycles. The van der Waals surface area contributed by atoms with Crippen molar-refractivity contribution >= 4 is 113 Å². The minimum Gasteiger partial charge on any atom is -0.289 e. The average molecular weight is 1200 g/mol. The maximum absolute atomic E-state index is 13.9. The molecule has 74 heavy (non-hydrogen) atoms. The summed E-state index contributed by atoms with van der Waals surface area (Å²) in [4.78, 5) is 13.9. The lowest BCUT2D eigenvalue weighted by Crippen LogP contribution is -2.02. The molecule has 0 unspecified atom stereocenters. The van der Waals surface area contributed by atoms with E-state index in [-0.39, 0.29) is 5.78 Å². The fourth-order valence-corrected chi connectivity index (χ4v) is 12.5. The molecular formula is C69H40Br4O. The molecule has 3 aliphatic rings. The van der Waals surface area contributed by atoms with Gasteiger partial charge in [0.15, 0.2) is 5.78 Å². The lowest BCUT2D eigenvalue weighted by Gasteiger charge is -2.21. The zero-order chi connectivity index (χ0) is 50.5. The van der Waals surface area contributed by atoms with Gasteiger partial charge < -0.3 is 0 Å². The van der Waals surface area contributed by atoms with Crippen molar-refractivity contribution in [2.75, 3.05) is 0 Å². The van der Waals surface area contributed by atoms with Crippen LogP contribution in [0.5, 0.6) is 0 Å². The number of ketones is 1. The molecule has 5 heteroatoms. The highest BCUT2D eigenvalue weighted by atomic mass is 79.9. The Kier molecular flexibility index (Phi) is 12.9. The van der Waals surface area contributed by atoms with Gasteiger partial charge in [-0.15, -0.1) is 6.42 Å². The molecule has 0 aromatic heterocycles. The number of allylic oxidation sites excluding steroid dienone is 4. The highest BCUT2D eigenvalue weighted by Crippen LogP contribution is 2.59. The van der Waals surface area contributed by atoms with Crippen LogP contribution >= 0.6 is 63.7 Å². The van der Waals surface area contributed by atoms with Gasteiger partial charge in [-0.25, -0.2) is 0 Å². The Hall–Kier alpha value is -7.43. The average Bonchev–Trinajstić information content (AvgIpc) is 4.07. The van der Waals surface area contributed by atoms with Crippen molar-refractivity contribution in [2.24, 2.45) is 0 Å². The fourth-order valence-electron chi connectivity index (χ4n) is 10.9. The highest BCUT2D eigenvalue weighted by Gasteiger charge is 2.40. The SMILES string of the molecule is Brc1cccc(-c2cc(-c3ccccc3)c(-c3cccc(Br)c3)c3c2-c2cccc4cccc-3c24)c1.C#Cc1ccccc1.O=C1C(c2cccc(Br)c2)=C2C(=C1c1cccc(Br)c1)c1cccc3cccc2c13. The van der Waals surface area contributed by atoms with Crippen LogP contribution in [-0.4, -0.2) is 5.78 Å². The summed E-state index contributed by atoms with van der Waals surface area (Å²) in [6, 6.07) is 82.3. The third-order valence-corrected chi connectivity index (χ3v) is 15.9. The van der Waals surface area contributed by atoms with Crippen molar-refractivity contribution in [3.8, 4) is 68.0 Å². The van der Waals surface area contributed by atoms with Crippen LogP contribution in [0.3, 0.4) is 0 Å². The molecule has 0 saturated heterocycles. The van der Waals surface area contributed by atoms with Crippen molar-refractivity contribution in [1.29, 1.82) is 0 Å². The summed E-state index contributed by atoms with van der Waals surface area (Å²) in [5.41, 5.74) is 21.5. The van der Waals surface area contributed by atoms with Gasteiger partial charge in [0.25, 0.3) is 0 Å². The van der Waals surface area contributed by atoms with Gasteiger partial charge in [0.1, 0.15) is 0 Å². The molecule has 0 N–H and O–H groups in total. The molecule has 0 bridgehead atoms. The van der Waals surface area contributed by atoms with Crippen molar-refractivity contribution in [3.05, 3.63) is 282 Å². The molecule has 11 aromatic rings. The first-order valence-electron chi connectivity index (χ1n) is 24.2. The summed E-state index contributed by atoms with van der Waals surface area (Å²) >= 11 is 14.6. The summed E-state index contributed by atoms with van der Waals surface area (Å²) < 4.78 is 4.09. The van der Waals surface area contributed by atoms with Crippen LogP contribution in [0.25, 0.3) is 99.5 Å². The van der Waals surface area contributed by atoms with Gasteiger partial charge >= 0.3 is 0 Å². The molecule has 3 aliphatic carbocycles. The lowest BCUT2D eigenvalue weighted by atomic mass is 9.82. The second kappa shape index (κ2) is 20.1. The minimum atomic E-state index is 0.0858. The summed E-state index contributed by atoms with van der Waals surface area (Å²) in [6.45, 7) is 0. The summed E-state index contributed by atoms with van der Waals surface area (Å²) in [5.74, 6) is 2.61. The number of hydrogen-bond donors (Lipinski definition) is 0. The number of carbonyl (C=O) groups excluding carboxylic acids is 1. The third-order valence-electron chi connectivity index (χ3n) is 13.9. The molecular weight excluding hydrogens is 1160 g/mol. The number of terminal acetylenes is 1. The van der Waals surface area contributed by atoms with E-state index in [1.807, 2.05) is 78.9 Å². The van der Waals surface area contributed by atoms with Gasteiger partial charge in [0, 0.05) is 45.7 Å². The molecule has 0 fully saturated rings. The van der Waals surface area contributed by atoms with E-state index >= 15 is 0 Å². The summed E-state index contributed by atoms with van der Waals surface area (Å²) in [5, 5.41) is 5.06. The van der Waals surface area contributed by atoms with Crippen LogP contribution in [-0.2, 0) is 4.79 Å². The van der Waals surface area contributed by atoms with E-state index in [0.717, 1.165) is 68.0 Å². The second-order valence-electron chi connectivity index (χ2n) is 18.3. The van der Waals surface area contributed by atoms with Crippen LogP contribution in [0.4, 0.5) is 0 Å². The first-order valence-corrected chi connectivity index (χ1v) is 27.3. The van der Waals surface area contributed by atoms with Gasteiger partial charge in [-0.05, 0) is 166 Å². The third kappa shape index (κ3) is 8.56. The molecule has 0 amide bonds. The van der Waals surface area contributed by atoms with Gasteiger partial charge in [-0.3, -0.25) is 4.79 Å². The topological polar surface area (TPSA) is 17.1 Å². The predicted molar refractivity (Wildman–Crippen MR) is 325 cm³/mol. The van der Waals surface area contributed by atoms with Crippen molar-refractivity contribution in [1.82, 2.24) is 0 Å². The normalized spacial score (nSPS) is 12.5. The summed E-state index contributed by atoms with van der Waals surface area (Å²) in [6.07, 6.45) is 5.10. The Balaban J connectivity index is 0.000000132. The number of Topliss-reactive ketones (excluding diaryl/α,β-unsaturated/α-hetero) is 1. The van der Waals surface area contributed by atoms with E-state index in [4.69, 9.17) is 6.42 Å². The minimum absolute atomic E-state index is 0.0858. The zero-order valence-corrected chi connectivity index (χ0v) is 45.9. The second-order valence-corrected chi connectivity index (χ2v) is 21.9. The highest BCUT2D eigenvalue weighted by molar-refractivity contribution is 9.11. The number of benzene rings is 11. The van der Waals surface area contributed by atoms with E-state index in [9.17, 15) is 4.79 Å². The number of carbonyl (C=O) groups is 1. The maximum Gasteiger partial charge on any atom is 0.195 e. The van der Waals surface area contributed by atoms with E-state index < -0.39 is 0 Å². The van der Waals surface area contributed by atoms with Gasteiger partial charge in [0.2, 0.25) is 0 Å². The molecule has 0 saturated carbocycles. The van der Waals surface area contributed by atoms with Crippen molar-refractivity contribution in [2.45, 2.75) is 0 Å². The summed E-state index contributed by atoms with van der Waals surface area (Å²) in [7, 11) is 0. The van der Waals surface area contributed by atoms with Crippen molar-refractivity contribution < 1.29 is 4.79 Å². The number of rotatable bonds is 5. The van der Waals surface area contributed by atoms with E-state index in [2.05, 4.69) is 227 Å². The molecule has 0 atom stereocenters. The van der Waals surface area contributed by atoms with Crippen molar-refractivity contribution in [3.63, 3.8) is 0 Å². The van der Waals surface area contributed by atoms with Gasteiger partial charge in [0.05, 0.1) is 0 Å². The monoisotopic (exact) mass is 1200 g/mol. The van der Waals surface area contributed by atoms with Crippen LogP contribution in [0, 0.1) is 12.3 Å². The molecule has 0 radical (unpaired) electrons. The van der Waals surface area contributed by atoms with Gasteiger partial charge in [-0.2, -0.15) is 0 Å². The Labute approximate surface area is 464 Å². The largest absolute Gasteiger partial charge is 0.289 e. The van der Waals surface area contributed by atoms with Crippen LogP contribution in [0.1, 0.15) is 27.8 Å². The number of fused-ring (bicyclic) bond motifs is 6. The van der Waals surface area contributed by atoms with Crippen LogP contribution < -0.4 is 0 Å². The van der Waals surface area contributed by atoms with Crippen LogP contribution in [0.15, 0.2) is 254 Å². The molecule has 0 heterocycles. The van der Waals surface area contributed by atoms with E-state index in [1.54, 1.807) is 0 Å². The Morgan fingerprint density at radius 1 is 0.297 bits per heavy atom. The number of halogens is 4. The Morgan fingerprint density at radius 2 is 0.676 bits per heavy atom. The standard InChI is InChI=1S/C34H20Br2.C27H14Br2O.C8H6/c35-25-14-4-12-23(18-25)30-20-29(21-8-2-1-3-9-21)32(24-13-5-15-26(36)19-24)34-28-17-7-11-22-10-6-16-27(31(22)28)33(30)34;28-18-9-1-7-16(13-18)23-25-20-11-3-5-15-6-4-12-21(22(15)20)26(25)24(27(23)30)17-8-2-10-19(29)14-17;1-2-8-6-4-3-5-7-8/h1-20H;1-14H;1,3-7H. The first-order chi connectivity index (χ1) is 36.2. The van der Waals surface area contributed by atoms with E-state index in [0.29, 0.717) is 0 Å². The quantitative estimate of drug-likeness (QED) is 0.157. The van der Waals surface area contributed by atoms with Gasteiger partial charge in [-0.1, -0.05) is 239 Å². The Morgan fingerprint density at radius 3 is 1.16 bits per heavy atom. The van der Waals surface area contributed by atoms with E-state index in [1.165, 1.54) is 77.2 Å². The molecule has 0 aliphatic heterocycles. The molecule has 1 nitrogen and oxygen atoms in total. The smallest absolute Gasteiger partial charge is 0.195 e. The molecule has 14 rings (SSSR count). The zero-order valence-electron chi connectivity index (χ0n) is 39.5. The first kappa shape index (κ1) is 47.6. The fraction of sp³-hybridized carbons (Fsp3) is 0. The van der Waals surface area contributed by atoms with Crippen LogP contribution in [0.2, 0.25) is 0 Å². The lowest BCUT2D eigenvalue weighted by molar-refractivity contribution is -0.108.